The lowest BCUT2D eigenvalue weighted by molar-refractivity contribution is 0.912. The van der Waals surface area contributed by atoms with Gasteiger partial charge in [0.05, 0.1) is 6.33 Å². The van der Waals surface area contributed by atoms with E-state index in [2.05, 4.69) is 24.2 Å². The van der Waals surface area contributed by atoms with E-state index in [0.29, 0.717) is 0 Å². The molecule has 0 aliphatic rings. The SMILES string of the molecule is Cc1ccn(-c2cn(C)cn2)c1. The monoisotopic (exact) mass is 161 g/mol. The van der Waals surface area contributed by atoms with Crippen molar-refractivity contribution in [1.82, 2.24) is 14.1 Å². The largest absolute Gasteiger partial charge is 0.338 e. The van der Waals surface area contributed by atoms with E-state index in [1.165, 1.54) is 5.56 Å². The third-order valence-corrected chi connectivity index (χ3v) is 1.80. The molecule has 12 heavy (non-hydrogen) atoms. The van der Waals surface area contributed by atoms with Gasteiger partial charge in [0.1, 0.15) is 0 Å². The highest BCUT2D eigenvalue weighted by Crippen LogP contribution is 2.06. The first-order valence-corrected chi connectivity index (χ1v) is 3.88. The predicted molar refractivity (Wildman–Crippen MR) is 47.3 cm³/mol. The Morgan fingerprint density at radius 1 is 1.33 bits per heavy atom. The van der Waals surface area contributed by atoms with Gasteiger partial charge in [0.2, 0.25) is 0 Å². The minimum absolute atomic E-state index is 0.964. The molecular weight excluding hydrogens is 150 g/mol. The molecule has 0 saturated carbocycles. The molecule has 2 aromatic rings. The number of hydrogen-bond donors (Lipinski definition) is 0. The van der Waals surface area contributed by atoms with Crippen LogP contribution in [0.15, 0.2) is 31.0 Å². The minimum atomic E-state index is 0.964. The summed E-state index contributed by atoms with van der Waals surface area (Å²) in [5, 5.41) is 0. The molecule has 0 aliphatic carbocycles. The number of rotatable bonds is 1. The van der Waals surface area contributed by atoms with Crippen LogP contribution in [0.4, 0.5) is 0 Å². The molecule has 0 saturated heterocycles. The van der Waals surface area contributed by atoms with Gasteiger partial charge in [-0.2, -0.15) is 0 Å². The minimum Gasteiger partial charge on any atom is -0.338 e. The molecule has 2 rings (SSSR count). The van der Waals surface area contributed by atoms with Crippen LogP contribution < -0.4 is 0 Å². The molecule has 0 aliphatic heterocycles. The van der Waals surface area contributed by atoms with E-state index in [1.54, 1.807) is 6.33 Å². The molecule has 0 radical (unpaired) electrons. The van der Waals surface area contributed by atoms with Gasteiger partial charge in [0.15, 0.2) is 5.82 Å². The fourth-order valence-electron chi connectivity index (χ4n) is 1.18. The summed E-state index contributed by atoms with van der Waals surface area (Å²) in [7, 11) is 1.97. The van der Waals surface area contributed by atoms with Crippen LogP contribution in [0.2, 0.25) is 0 Å². The molecule has 0 fully saturated rings. The van der Waals surface area contributed by atoms with E-state index in [9.17, 15) is 0 Å². The average molecular weight is 161 g/mol. The maximum Gasteiger partial charge on any atom is 0.154 e. The van der Waals surface area contributed by atoms with Gasteiger partial charge in [-0.3, -0.25) is 0 Å². The average Bonchev–Trinajstić information content (AvgIpc) is 2.58. The second-order valence-corrected chi connectivity index (χ2v) is 2.99. The Hall–Kier alpha value is -1.51. The van der Waals surface area contributed by atoms with Crippen molar-refractivity contribution in [1.29, 1.82) is 0 Å². The van der Waals surface area contributed by atoms with Crippen LogP contribution in [0.25, 0.3) is 5.82 Å². The van der Waals surface area contributed by atoms with Crippen molar-refractivity contribution >= 4 is 0 Å². The van der Waals surface area contributed by atoms with Gasteiger partial charge in [-0.15, -0.1) is 0 Å². The third-order valence-electron chi connectivity index (χ3n) is 1.80. The molecule has 0 amide bonds. The fraction of sp³-hybridized carbons (Fsp3) is 0.222. The molecular formula is C9H11N3. The molecule has 3 nitrogen and oxygen atoms in total. The normalized spacial score (nSPS) is 10.5. The van der Waals surface area contributed by atoms with Crippen molar-refractivity contribution in [3.8, 4) is 5.82 Å². The summed E-state index contributed by atoms with van der Waals surface area (Å²) in [5.41, 5.74) is 1.25. The first kappa shape index (κ1) is 7.16. The Morgan fingerprint density at radius 3 is 2.67 bits per heavy atom. The topological polar surface area (TPSA) is 22.8 Å². The molecule has 62 valence electrons. The zero-order chi connectivity index (χ0) is 8.55. The van der Waals surface area contributed by atoms with Crippen LogP contribution in [0.5, 0.6) is 0 Å². The van der Waals surface area contributed by atoms with E-state index in [1.807, 2.05) is 28.6 Å². The second-order valence-electron chi connectivity index (χ2n) is 2.99. The van der Waals surface area contributed by atoms with E-state index in [-0.39, 0.29) is 0 Å². The van der Waals surface area contributed by atoms with Crippen LogP contribution in [0.3, 0.4) is 0 Å². The Balaban J connectivity index is 2.43. The molecule has 0 aromatic carbocycles. The van der Waals surface area contributed by atoms with Gasteiger partial charge < -0.3 is 9.13 Å². The van der Waals surface area contributed by atoms with Crippen LogP contribution >= 0.6 is 0 Å². The smallest absolute Gasteiger partial charge is 0.154 e. The first-order valence-electron chi connectivity index (χ1n) is 3.88. The number of hydrogen-bond acceptors (Lipinski definition) is 1. The number of imidazole rings is 1. The summed E-state index contributed by atoms with van der Waals surface area (Å²) in [4.78, 5) is 4.23. The van der Waals surface area contributed by atoms with Crippen molar-refractivity contribution in [3.63, 3.8) is 0 Å². The third kappa shape index (κ3) is 1.13. The van der Waals surface area contributed by atoms with E-state index in [0.717, 1.165) is 5.82 Å². The maximum absolute atomic E-state index is 4.23. The summed E-state index contributed by atoms with van der Waals surface area (Å²) in [6.45, 7) is 2.07. The van der Waals surface area contributed by atoms with Crippen LogP contribution in [0, 0.1) is 6.92 Å². The Labute approximate surface area is 71.3 Å². The molecule has 0 spiro atoms. The van der Waals surface area contributed by atoms with E-state index in [4.69, 9.17) is 0 Å². The maximum atomic E-state index is 4.23. The molecule has 0 atom stereocenters. The van der Waals surface area contributed by atoms with Gasteiger partial charge in [-0.1, -0.05) is 0 Å². The lowest BCUT2D eigenvalue weighted by Gasteiger charge is -1.93. The molecule has 0 bridgehead atoms. The van der Waals surface area contributed by atoms with Crippen LogP contribution in [-0.4, -0.2) is 14.1 Å². The summed E-state index contributed by atoms with van der Waals surface area (Å²) >= 11 is 0. The molecule has 0 unspecified atom stereocenters. The van der Waals surface area contributed by atoms with Crippen molar-refractivity contribution in [3.05, 3.63) is 36.5 Å². The van der Waals surface area contributed by atoms with Gasteiger partial charge in [0.25, 0.3) is 0 Å². The van der Waals surface area contributed by atoms with E-state index < -0.39 is 0 Å². The highest BCUT2D eigenvalue weighted by molar-refractivity contribution is 5.23. The predicted octanol–water partition coefficient (Wildman–Crippen LogP) is 1.52. The quantitative estimate of drug-likeness (QED) is 0.621. The van der Waals surface area contributed by atoms with Crippen molar-refractivity contribution < 1.29 is 0 Å². The van der Waals surface area contributed by atoms with Gasteiger partial charge in [-0.25, -0.2) is 4.98 Å². The number of aryl methyl sites for hydroxylation is 2. The first-order chi connectivity index (χ1) is 5.75. The lowest BCUT2D eigenvalue weighted by atomic mass is 10.4. The highest BCUT2D eigenvalue weighted by atomic mass is 15.1. The number of nitrogens with zero attached hydrogens (tertiary/aromatic N) is 3. The van der Waals surface area contributed by atoms with Crippen LogP contribution in [0.1, 0.15) is 5.56 Å². The fourth-order valence-corrected chi connectivity index (χ4v) is 1.18. The van der Waals surface area contributed by atoms with Crippen molar-refractivity contribution in [2.45, 2.75) is 6.92 Å². The summed E-state index contributed by atoms with van der Waals surface area (Å²) in [6, 6.07) is 2.06. The number of aromatic nitrogens is 3. The van der Waals surface area contributed by atoms with E-state index >= 15 is 0 Å². The van der Waals surface area contributed by atoms with Gasteiger partial charge in [-0.05, 0) is 18.6 Å². The summed E-state index contributed by atoms with van der Waals surface area (Å²) in [5.74, 6) is 0.964. The van der Waals surface area contributed by atoms with Gasteiger partial charge >= 0.3 is 0 Å². The zero-order valence-corrected chi connectivity index (χ0v) is 7.23. The Kier molecular flexibility index (Phi) is 1.50. The summed E-state index contributed by atoms with van der Waals surface area (Å²) < 4.78 is 3.94. The second kappa shape index (κ2) is 2.52. The summed E-state index contributed by atoms with van der Waals surface area (Å²) in [6.07, 6.45) is 7.85. The highest BCUT2D eigenvalue weighted by Gasteiger charge is 1.97. The molecule has 2 heterocycles. The van der Waals surface area contributed by atoms with Crippen molar-refractivity contribution in [2.75, 3.05) is 0 Å². The zero-order valence-electron chi connectivity index (χ0n) is 7.23. The molecule has 2 aromatic heterocycles. The van der Waals surface area contributed by atoms with Crippen molar-refractivity contribution in [2.24, 2.45) is 7.05 Å². The molecule has 0 N–H and O–H groups in total. The Morgan fingerprint density at radius 2 is 2.17 bits per heavy atom. The molecule has 3 heteroatoms. The van der Waals surface area contributed by atoms with Gasteiger partial charge in [0, 0.05) is 25.6 Å². The van der Waals surface area contributed by atoms with Crippen LogP contribution in [-0.2, 0) is 7.05 Å². The Bertz CT molecular complexity index is 346. The standard InChI is InChI=1S/C9H11N3/c1-8-3-4-12(5-8)9-6-11(2)7-10-9/h3-7H,1-2H3. The lowest BCUT2D eigenvalue weighted by Crippen LogP contribution is -1.88.